The molecule has 1 aromatic rings. The van der Waals surface area contributed by atoms with Crippen LogP contribution in [0.15, 0.2) is 18.2 Å². The number of ether oxygens (including phenoxy) is 1. The SMILES string of the molecule is COC(=O)CNC(=O)c1cc(F)ccc1F. The Balaban J connectivity index is 2.73. The first-order chi connectivity index (χ1) is 7.54. The smallest absolute Gasteiger partial charge is 0.325 e. The number of hydrogen-bond acceptors (Lipinski definition) is 3. The van der Waals surface area contributed by atoms with Crippen molar-refractivity contribution in [1.29, 1.82) is 0 Å². The molecule has 0 bridgehead atoms. The molecule has 0 atom stereocenters. The summed E-state index contributed by atoms with van der Waals surface area (Å²) in [4.78, 5) is 22.0. The zero-order valence-corrected chi connectivity index (χ0v) is 8.42. The van der Waals surface area contributed by atoms with Crippen LogP contribution in [0.25, 0.3) is 0 Å². The van der Waals surface area contributed by atoms with Crippen LogP contribution >= 0.6 is 0 Å². The quantitative estimate of drug-likeness (QED) is 0.782. The lowest BCUT2D eigenvalue weighted by Gasteiger charge is -2.04. The zero-order valence-electron chi connectivity index (χ0n) is 8.42. The van der Waals surface area contributed by atoms with Crippen LogP contribution in [0.1, 0.15) is 10.4 Å². The Labute approximate surface area is 90.2 Å². The standard InChI is InChI=1S/C10H9F2NO3/c1-16-9(14)5-13-10(15)7-4-6(11)2-3-8(7)12/h2-4H,5H2,1H3,(H,13,15). The molecule has 86 valence electrons. The molecule has 1 aromatic carbocycles. The third kappa shape index (κ3) is 3.01. The van der Waals surface area contributed by atoms with Crippen molar-refractivity contribution in [2.45, 2.75) is 0 Å². The molecular weight excluding hydrogens is 220 g/mol. The maximum absolute atomic E-state index is 13.1. The van der Waals surface area contributed by atoms with Crippen molar-refractivity contribution in [2.24, 2.45) is 0 Å². The minimum absolute atomic E-state index is 0.398. The van der Waals surface area contributed by atoms with Crippen LogP contribution in [0.2, 0.25) is 0 Å². The highest BCUT2D eigenvalue weighted by Crippen LogP contribution is 2.09. The van der Waals surface area contributed by atoms with E-state index in [0.717, 1.165) is 25.3 Å². The largest absolute Gasteiger partial charge is 0.468 e. The monoisotopic (exact) mass is 229 g/mol. The Bertz CT molecular complexity index is 421. The van der Waals surface area contributed by atoms with E-state index in [1.54, 1.807) is 0 Å². The van der Waals surface area contributed by atoms with Gasteiger partial charge in [0.1, 0.15) is 18.2 Å². The first-order valence-electron chi connectivity index (χ1n) is 4.34. The minimum Gasteiger partial charge on any atom is -0.468 e. The number of benzene rings is 1. The maximum atomic E-state index is 13.1. The fourth-order valence-corrected chi connectivity index (χ4v) is 0.991. The molecule has 4 nitrogen and oxygen atoms in total. The molecule has 1 rings (SSSR count). The van der Waals surface area contributed by atoms with Gasteiger partial charge in [-0.25, -0.2) is 8.78 Å². The fourth-order valence-electron chi connectivity index (χ4n) is 0.991. The number of rotatable bonds is 3. The van der Waals surface area contributed by atoms with Crippen LogP contribution in [0, 0.1) is 11.6 Å². The summed E-state index contributed by atoms with van der Waals surface area (Å²) < 4.78 is 30.1. The third-order valence-corrected chi connectivity index (χ3v) is 1.79. The average molecular weight is 229 g/mol. The van der Waals surface area contributed by atoms with E-state index in [1.165, 1.54) is 0 Å². The van der Waals surface area contributed by atoms with Crippen LogP contribution < -0.4 is 5.32 Å². The van der Waals surface area contributed by atoms with Gasteiger partial charge in [-0.2, -0.15) is 0 Å². The third-order valence-electron chi connectivity index (χ3n) is 1.79. The molecule has 0 saturated heterocycles. The Kier molecular flexibility index (Phi) is 3.93. The first-order valence-corrected chi connectivity index (χ1v) is 4.34. The van der Waals surface area contributed by atoms with Gasteiger partial charge in [0.05, 0.1) is 12.7 Å². The normalized spacial score (nSPS) is 9.69. The van der Waals surface area contributed by atoms with Crippen LogP contribution in [0.3, 0.4) is 0 Å². The second-order valence-electron chi connectivity index (χ2n) is 2.88. The second-order valence-corrected chi connectivity index (χ2v) is 2.88. The highest BCUT2D eigenvalue weighted by Gasteiger charge is 2.13. The molecule has 0 spiro atoms. The Hall–Kier alpha value is -1.98. The summed E-state index contributed by atoms with van der Waals surface area (Å²) >= 11 is 0. The summed E-state index contributed by atoms with van der Waals surface area (Å²) in [6.07, 6.45) is 0. The number of methoxy groups -OCH3 is 1. The van der Waals surface area contributed by atoms with Gasteiger partial charge in [0.15, 0.2) is 0 Å². The fraction of sp³-hybridized carbons (Fsp3) is 0.200. The summed E-state index contributed by atoms with van der Waals surface area (Å²) in [6, 6.07) is 2.48. The van der Waals surface area contributed by atoms with Gasteiger partial charge >= 0.3 is 5.97 Å². The maximum Gasteiger partial charge on any atom is 0.325 e. The van der Waals surface area contributed by atoms with Gasteiger partial charge in [0.25, 0.3) is 5.91 Å². The number of nitrogens with one attached hydrogen (secondary N) is 1. The molecule has 0 radical (unpaired) electrons. The number of amides is 1. The van der Waals surface area contributed by atoms with Crippen LogP contribution in [-0.2, 0) is 9.53 Å². The zero-order chi connectivity index (χ0) is 12.1. The van der Waals surface area contributed by atoms with E-state index in [1.807, 2.05) is 0 Å². The summed E-state index contributed by atoms with van der Waals surface area (Å²) in [5.74, 6) is -3.14. The molecule has 1 amide bonds. The number of carbonyl (C=O) groups excluding carboxylic acids is 2. The molecule has 0 aliphatic rings. The van der Waals surface area contributed by atoms with E-state index >= 15 is 0 Å². The molecule has 16 heavy (non-hydrogen) atoms. The molecule has 0 aliphatic heterocycles. The molecular formula is C10H9F2NO3. The van der Waals surface area contributed by atoms with Crippen LogP contribution in [-0.4, -0.2) is 25.5 Å². The van der Waals surface area contributed by atoms with Crippen molar-refractivity contribution in [3.63, 3.8) is 0 Å². The topological polar surface area (TPSA) is 55.4 Å². The molecule has 0 aliphatic carbocycles. The van der Waals surface area contributed by atoms with E-state index in [4.69, 9.17) is 0 Å². The van der Waals surface area contributed by atoms with Gasteiger partial charge in [0.2, 0.25) is 0 Å². The molecule has 0 aromatic heterocycles. The Morgan fingerprint density at radius 1 is 1.38 bits per heavy atom. The lowest BCUT2D eigenvalue weighted by Crippen LogP contribution is -2.30. The summed E-state index contributed by atoms with van der Waals surface area (Å²) in [5, 5.41) is 2.10. The number of carbonyl (C=O) groups is 2. The van der Waals surface area contributed by atoms with Crippen molar-refractivity contribution >= 4 is 11.9 Å². The molecule has 0 unspecified atom stereocenters. The van der Waals surface area contributed by atoms with Gasteiger partial charge in [-0.3, -0.25) is 9.59 Å². The van der Waals surface area contributed by atoms with E-state index in [-0.39, 0.29) is 0 Å². The number of hydrogen-bond donors (Lipinski definition) is 1. The van der Waals surface area contributed by atoms with Crippen LogP contribution in [0.5, 0.6) is 0 Å². The predicted octanol–water partition coefficient (Wildman–Crippen LogP) is 0.868. The molecule has 0 heterocycles. The molecule has 0 fully saturated rings. The van der Waals surface area contributed by atoms with Gasteiger partial charge in [0, 0.05) is 0 Å². The number of esters is 1. The van der Waals surface area contributed by atoms with Gasteiger partial charge in [-0.05, 0) is 18.2 Å². The highest BCUT2D eigenvalue weighted by atomic mass is 19.1. The van der Waals surface area contributed by atoms with Crippen LogP contribution in [0.4, 0.5) is 8.78 Å². The number of halogens is 2. The summed E-state index contributed by atoms with van der Waals surface area (Å²) in [7, 11) is 1.15. The predicted molar refractivity (Wildman–Crippen MR) is 50.7 cm³/mol. The van der Waals surface area contributed by atoms with E-state index in [2.05, 4.69) is 10.1 Å². The van der Waals surface area contributed by atoms with Gasteiger partial charge in [-0.15, -0.1) is 0 Å². The van der Waals surface area contributed by atoms with Crippen molar-refractivity contribution in [2.75, 3.05) is 13.7 Å². The molecule has 6 heteroatoms. The van der Waals surface area contributed by atoms with E-state index < -0.39 is 35.6 Å². The highest BCUT2D eigenvalue weighted by molar-refractivity contribution is 5.96. The van der Waals surface area contributed by atoms with Crippen molar-refractivity contribution in [3.8, 4) is 0 Å². The Morgan fingerprint density at radius 2 is 2.06 bits per heavy atom. The lowest BCUT2D eigenvalue weighted by molar-refractivity contribution is -0.139. The lowest BCUT2D eigenvalue weighted by atomic mass is 10.2. The average Bonchev–Trinajstić information content (AvgIpc) is 2.28. The second kappa shape index (κ2) is 5.20. The summed E-state index contributed by atoms with van der Waals surface area (Å²) in [5.41, 5.74) is -0.455. The minimum atomic E-state index is -0.873. The molecule has 0 saturated carbocycles. The van der Waals surface area contributed by atoms with E-state index in [9.17, 15) is 18.4 Å². The van der Waals surface area contributed by atoms with Crippen molar-refractivity contribution in [3.05, 3.63) is 35.4 Å². The Morgan fingerprint density at radius 3 is 2.69 bits per heavy atom. The first kappa shape index (κ1) is 12.1. The van der Waals surface area contributed by atoms with Gasteiger partial charge in [-0.1, -0.05) is 0 Å². The van der Waals surface area contributed by atoms with E-state index in [0.29, 0.717) is 0 Å². The van der Waals surface area contributed by atoms with Crippen molar-refractivity contribution in [1.82, 2.24) is 5.32 Å². The van der Waals surface area contributed by atoms with Crippen molar-refractivity contribution < 1.29 is 23.1 Å². The summed E-state index contributed by atoms with van der Waals surface area (Å²) in [6.45, 7) is -0.398. The van der Waals surface area contributed by atoms with Gasteiger partial charge < -0.3 is 10.1 Å². The molecule has 1 N–H and O–H groups in total.